The van der Waals surface area contributed by atoms with Crippen LogP contribution in [0.15, 0.2) is 36.4 Å². The highest BCUT2D eigenvalue weighted by Crippen LogP contribution is 2.33. The van der Waals surface area contributed by atoms with Crippen LogP contribution in [0, 0.1) is 0 Å². The molecular formula is C21H16Cl2N4O5. The maximum atomic E-state index is 12.8. The average Bonchev–Trinajstić information content (AvgIpc) is 3.14. The Bertz CT molecular complexity index is 1190. The van der Waals surface area contributed by atoms with E-state index in [0.29, 0.717) is 11.3 Å². The summed E-state index contributed by atoms with van der Waals surface area (Å²) in [5.74, 6) is -2.46. The van der Waals surface area contributed by atoms with Crippen molar-refractivity contribution in [1.82, 2.24) is 15.5 Å². The summed E-state index contributed by atoms with van der Waals surface area (Å²) < 4.78 is 0. The molecule has 164 valence electrons. The van der Waals surface area contributed by atoms with Crippen LogP contribution in [0.4, 0.5) is 10.5 Å². The molecule has 0 saturated carbocycles. The molecule has 2 atom stereocenters. The van der Waals surface area contributed by atoms with E-state index in [0.717, 1.165) is 4.90 Å². The molecule has 0 aliphatic carbocycles. The van der Waals surface area contributed by atoms with Crippen molar-refractivity contribution in [2.24, 2.45) is 0 Å². The summed E-state index contributed by atoms with van der Waals surface area (Å²) in [7, 11) is 0. The number of carbonyl (C=O) groups excluding carboxylic acids is 5. The summed E-state index contributed by atoms with van der Waals surface area (Å²) in [5.41, 5.74) is -0.401. The molecule has 1 fully saturated rings. The third-order valence-corrected chi connectivity index (χ3v) is 6.20. The number of amides is 6. The molecule has 2 aliphatic heterocycles. The number of nitrogens with zero attached hydrogens (tertiary/aromatic N) is 1. The lowest BCUT2D eigenvalue weighted by Crippen LogP contribution is -2.45. The van der Waals surface area contributed by atoms with Crippen LogP contribution in [0.1, 0.15) is 40.1 Å². The second-order valence-electron chi connectivity index (χ2n) is 7.57. The fourth-order valence-corrected chi connectivity index (χ4v) is 3.95. The zero-order chi connectivity index (χ0) is 23.4. The minimum atomic E-state index is -1.30. The zero-order valence-electron chi connectivity index (χ0n) is 16.8. The maximum Gasteiger partial charge on any atom is 0.322 e. The molecule has 11 heteroatoms. The first-order valence-corrected chi connectivity index (χ1v) is 10.2. The highest BCUT2D eigenvalue weighted by atomic mass is 35.5. The summed E-state index contributed by atoms with van der Waals surface area (Å²) in [4.78, 5) is 62.9. The zero-order valence-corrected chi connectivity index (χ0v) is 18.3. The van der Waals surface area contributed by atoms with Gasteiger partial charge < -0.3 is 10.6 Å². The summed E-state index contributed by atoms with van der Waals surface area (Å²) in [6.07, 6.45) is 0. The van der Waals surface area contributed by atoms with E-state index in [1.165, 1.54) is 32.0 Å². The van der Waals surface area contributed by atoms with Crippen LogP contribution in [-0.2, 0) is 15.1 Å². The van der Waals surface area contributed by atoms with Crippen molar-refractivity contribution < 1.29 is 24.0 Å². The minimum absolute atomic E-state index is 0.0713. The molecule has 4 rings (SSSR count). The van der Waals surface area contributed by atoms with Crippen LogP contribution in [0.3, 0.4) is 0 Å². The monoisotopic (exact) mass is 474 g/mol. The van der Waals surface area contributed by atoms with Crippen molar-refractivity contribution in [2.75, 3.05) is 5.32 Å². The smallest absolute Gasteiger partial charge is 0.322 e. The third kappa shape index (κ3) is 3.39. The molecule has 2 aliphatic rings. The largest absolute Gasteiger partial charge is 0.324 e. The molecule has 3 N–H and O–H groups in total. The first-order chi connectivity index (χ1) is 15.0. The van der Waals surface area contributed by atoms with Crippen LogP contribution in [0.25, 0.3) is 0 Å². The molecule has 2 aromatic carbocycles. The lowest BCUT2D eigenvalue weighted by atomic mass is 9.92. The topological polar surface area (TPSA) is 125 Å². The van der Waals surface area contributed by atoms with Crippen molar-refractivity contribution >= 4 is 58.5 Å². The molecule has 6 amide bonds. The Morgan fingerprint density at radius 3 is 2.16 bits per heavy atom. The average molecular weight is 475 g/mol. The first kappa shape index (κ1) is 21.8. The molecule has 2 aromatic rings. The number of hydrogen-bond donors (Lipinski definition) is 3. The third-order valence-electron chi connectivity index (χ3n) is 5.48. The van der Waals surface area contributed by atoms with Crippen molar-refractivity contribution in [3.8, 4) is 0 Å². The number of hydrogen-bond acceptors (Lipinski definition) is 5. The molecule has 0 bridgehead atoms. The van der Waals surface area contributed by atoms with E-state index in [-0.39, 0.29) is 21.2 Å². The van der Waals surface area contributed by atoms with Gasteiger partial charge in [0.15, 0.2) is 0 Å². The number of imide groups is 2. The molecular weight excluding hydrogens is 459 g/mol. The number of anilines is 1. The normalized spacial score (nSPS) is 20.7. The minimum Gasteiger partial charge on any atom is -0.324 e. The van der Waals surface area contributed by atoms with Gasteiger partial charge in [0.1, 0.15) is 11.6 Å². The van der Waals surface area contributed by atoms with E-state index < -0.39 is 41.2 Å². The van der Waals surface area contributed by atoms with Crippen LogP contribution in [-0.4, -0.2) is 40.6 Å². The van der Waals surface area contributed by atoms with E-state index >= 15 is 0 Å². The van der Waals surface area contributed by atoms with Gasteiger partial charge in [-0.15, -0.1) is 0 Å². The quantitative estimate of drug-likeness (QED) is 0.463. The summed E-state index contributed by atoms with van der Waals surface area (Å²) in [6.45, 7) is 2.95. The molecule has 0 radical (unpaired) electrons. The van der Waals surface area contributed by atoms with Gasteiger partial charge in [-0.2, -0.15) is 0 Å². The van der Waals surface area contributed by atoms with Crippen molar-refractivity contribution in [3.63, 3.8) is 0 Å². The molecule has 0 aromatic heterocycles. The molecule has 32 heavy (non-hydrogen) atoms. The molecule has 2 heterocycles. The number of nitrogens with one attached hydrogen (secondary N) is 3. The number of halogens is 2. The van der Waals surface area contributed by atoms with Crippen LogP contribution in [0.2, 0.25) is 10.0 Å². The number of fused-ring (bicyclic) bond motifs is 1. The fourth-order valence-electron chi connectivity index (χ4n) is 3.62. The second-order valence-corrected chi connectivity index (χ2v) is 8.39. The van der Waals surface area contributed by atoms with Crippen LogP contribution in [0.5, 0.6) is 0 Å². The molecule has 9 nitrogen and oxygen atoms in total. The predicted molar refractivity (Wildman–Crippen MR) is 116 cm³/mol. The van der Waals surface area contributed by atoms with Gasteiger partial charge in [0.25, 0.3) is 17.7 Å². The Balaban J connectivity index is 1.55. The number of urea groups is 1. The van der Waals surface area contributed by atoms with Gasteiger partial charge in [0.05, 0.1) is 21.2 Å². The highest BCUT2D eigenvalue weighted by molar-refractivity contribution is 6.43. The molecule has 1 saturated heterocycles. The number of carbonyl (C=O) groups is 5. The van der Waals surface area contributed by atoms with Gasteiger partial charge in [0.2, 0.25) is 5.91 Å². The van der Waals surface area contributed by atoms with Gasteiger partial charge in [-0.3, -0.25) is 29.4 Å². The van der Waals surface area contributed by atoms with Gasteiger partial charge in [-0.05, 0) is 43.7 Å². The van der Waals surface area contributed by atoms with Crippen molar-refractivity contribution in [2.45, 2.75) is 25.4 Å². The number of benzene rings is 2. The second kappa shape index (κ2) is 7.61. The highest BCUT2D eigenvalue weighted by Gasteiger charge is 2.44. The van der Waals surface area contributed by atoms with Gasteiger partial charge in [-0.1, -0.05) is 35.3 Å². The maximum absolute atomic E-state index is 12.8. The first-order valence-electron chi connectivity index (χ1n) is 9.45. The summed E-state index contributed by atoms with van der Waals surface area (Å²) in [5, 5.41) is 7.60. The standard InChI is InChI=1S/C21H16Cl2N4O5/c1-9(27-17(29)12-7-14(22)15(23)8-13(12)18(27)30)16(28)24-11-5-3-4-10(6-11)21(2)19(31)25-20(32)26-21/h3-9H,1-2H3,(H,24,28)(H2,25,26,31,32). The van der Waals surface area contributed by atoms with E-state index in [2.05, 4.69) is 16.0 Å². The Morgan fingerprint density at radius 1 is 1.03 bits per heavy atom. The Kier molecular flexibility index (Phi) is 5.18. The van der Waals surface area contributed by atoms with Crippen LogP contribution >= 0.6 is 23.2 Å². The lowest BCUT2D eigenvalue weighted by Gasteiger charge is -2.23. The Morgan fingerprint density at radius 2 is 1.62 bits per heavy atom. The van der Waals surface area contributed by atoms with Gasteiger partial charge >= 0.3 is 6.03 Å². The van der Waals surface area contributed by atoms with E-state index in [1.54, 1.807) is 18.2 Å². The van der Waals surface area contributed by atoms with Crippen LogP contribution < -0.4 is 16.0 Å². The summed E-state index contributed by atoms with van der Waals surface area (Å²) >= 11 is 11.9. The molecule has 0 spiro atoms. The molecule has 2 unspecified atom stereocenters. The van der Waals surface area contributed by atoms with E-state index in [9.17, 15) is 24.0 Å². The van der Waals surface area contributed by atoms with Gasteiger partial charge in [-0.25, -0.2) is 4.79 Å². The van der Waals surface area contributed by atoms with Crippen molar-refractivity contribution in [3.05, 3.63) is 63.1 Å². The predicted octanol–water partition coefficient (Wildman–Crippen LogP) is 2.67. The van der Waals surface area contributed by atoms with Gasteiger partial charge in [0, 0.05) is 5.69 Å². The Labute approximate surface area is 192 Å². The SMILES string of the molecule is CC(C(=O)Nc1cccc(C2(C)NC(=O)NC2=O)c1)N1C(=O)c2cc(Cl)c(Cl)cc2C1=O. The summed E-state index contributed by atoms with van der Waals surface area (Å²) in [6, 6.07) is 7.17. The fraction of sp³-hybridized carbons (Fsp3) is 0.190. The van der Waals surface area contributed by atoms with E-state index in [4.69, 9.17) is 23.2 Å². The van der Waals surface area contributed by atoms with E-state index in [1.807, 2.05) is 0 Å². The van der Waals surface area contributed by atoms with Crippen molar-refractivity contribution in [1.29, 1.82) is 0 Å². The Hall–Kier alpha value is -3.43. The lowest BCUT2D eigenvalue weighted by molar-refractivity contribution is -0.123. The number of rotatable bonds is 4.